The van der Waals surface area contributed by atoms with Crippen molar-refractivity contribution in [2.75, 3.05) is 18.8 Å². The lowest BCUT2D eigenvalue weighted by Gasteiger charge is -2.14. The highest BCUT2D eigenvalue weighted by molar-refractivity contribution is 7.89. The summed E-state index contributed by atoms with van der Waals surface area (Å²) in [6, 6.07) is 7.62. The van der Waals surface area contributed by atoms with Crippen LogP contribution in [0.25, 0.3) is 0 Å². The van der Waals surface area contributed by atoms with Crippen molar-refractivity contribution in [3.8, 4) is 11.8 Å². The van der Waals surface area contributed by atoms with E-state index in [9.17, 15) is 8.42 Å². The summed E-state index contributed by atoms with van der Waals surface area (Å²) >= 11 is 0. The van der Waals surface area contributed by atoms with Gasteiger partial charge >= 0.3 is 0 Å². The molecule has 1 aliphatic rings. The van der Waals surface area contributed by atoms with E-state index in [1.165, 1.54) is 0 Å². The lowest BCUT2D eigenvalue weighted by molar-refractivity contribution is 0.409. The van der Waals surface area contributed by atoms with Crippen LogP contribution in [0.1, 0.15) is 18.1 Å². The van der Waals surface area contributed by atoms with Crippen LogP contribution in [-0.4, -0.2) is 31.6 Å². The van der Waals surface area contributed by atoms with E-state index in [4.69, 9.17) is 5.73 Å². The van der Waals surface area contributed by atoms with Gasteiger partial charge in [0.2, 0.25) is 10.0 Å². The van der Waals surface area contributed by atoms with E-state index in [1.807, 2.05) is 31.2 Å². The first-order valence-corrected chi connectivity index (χ1v) is 7.88. The molecule has 1 aromatic rings. The van der Waals surface area contributed by atoms with Gasteiger partial charge in [0.1, 0.15) is 0 Å². The lowest BCUT2D eigenvalue weighted by atomic mass is 10.1. The van der Waals surface area contributed by atoms with Gasteiger partial charge in [-0.05, 0) is 23.6 Å². The van der Waals surface area contributed by atoms with Gasteiger partial charge in [0.25, 0.3) is 0 Å². The Morgan fingerprint density at radius 3 is 2.58 bits per heavy atom. The first kappa shape index (κ1) is 14.1. The second-order valence-corrected chi connectivity index (χ2v) is 6.89. The zero-order valence-electron chi connectivity index (χ0n) is 11.0. The molecule has 0 bridgehead atoms. The first-order chi connectivity index (χ1) is 9.01. The molecule has 1 saturated heterocycles. The van der Waals surface area contributed by atoms with Crippen molar-refractivity contribution in [3.63, 3.8) is 0 Å². The zero-order chi connectivity index (χ0) is 13.9. The Morgan fingerprint density at radius 1 is 1.37 bits per heavy atom. The van der Waals surface area contributed by atoms with E-state index in [-0.39, 0.29) is 11.7 Å². The third-order valence-electron chi connectivity index (χ3n) is 3.05. The van der Waals surface area contributed by atoms with Crippen molar-refractivity contribution in [1.29, 1.82) is 0 Å². The maximum Gasteiger partial charge on any atom is 0.214 e. The SMILES string of the molecule is CC1CN(Cc2ccc(C#CCN)cc2)S(=O)(=O)C1. The Kier molecular flexibility index (Phi) is 4.25. The molecule has 0 spiro atoms. The minimum Gasteiger partial charge on any atom is -0.320 e. The smallest absolute Gasteiger partial charge is 0.214 e. The molecule has 2 N–H and O–H groups in total. The van der Waals surface area contributed by atoms with Gasteiger partial charge in [-0.15, -0.1) is 0 Å². The molecule has 0 aliphatic carbocycles. The number of nitrogens with zero attached hydrogens (tertiary/aromatic N) is 1. The molecular weight excluding hydrogens is 260 g/mol. The van der Waals surface area contributed by atoms with Gasteiger partial charge in [-0.1, -0.05) is 30.9 Å². The van der Waals surface area contributed by atoms with Crippen LogP contribution in [0.15, 0.2) is 24.3 Å². The van der Waals surface area contributed by atoms with Crippen LogP contribution in [0.2, 0.25) is 0 Å². The molecule has 19 heavy (non-hydrogen) atoms. The molecule has 1 atom stereocenters. The first-order valence-electron chi connectivity index (χ1n) is 6.27. The number of rotatable bonds is 2. The summed E-state index contributed by atoms with van der Waals surface area (Å²) in [5.41, 5.74) is 7.19. The lowest BCUT2D eigenvalue weighted by Crippen LogP contribution is -2.25. The van der Waals surface area contributed by atoms with Crippen LogP contribution < -0.4 is 5.73 Å². The van der Waals surface area contributed by atoms with E-state index < -0.39 is 10.0 Å². The van der Waals surface area contributed by atoms with E-state index in [2.05, 4.69) is 11.8 Å². The van der Waals surface area contributed by atoms with Crippen molar-refractivity contribution in [3.05, 3.63) is 35.4 Å². The number of benzene rings is 1. The highest BCUT2D eigenvalue weighted by Crippen LogP contribution is 2.21. The molecule has 1 heterocycles. The number of nitrogens with two attached hydrogens (primary N) is 1. The highest BCUT2D eigenvalue weighted by atomic mass is 32.2. The standard InChI is InChI=1S/C14H18N2O2S/c1-12-9-16(19(17,18)11-12)10-14-6-4-13(5-7-14)3-2-8-15/h4-7,12H,8-11,15H2,1H3. The van der Waals surface area contributed by atoms with Crippen molar-refractivity contribution in [2.24, 2.45) is 11.7 Å². The van der Waals surface area contributed by atoms with E-state index in [0.717, 1.165) is 11.1 Å². The molecule has 0 saturated carbocycles. The van der Waals surface area contributed by atoms with Gasteiger partial charge in [-0.3, -0.25) is 0 Å². The van der Waals surface area contributed by atoms with E-state index in [1.54, 1.807) is 4.31 Å². The average Bonchev–Trinajstić information content (AvgIpc) is 2.61. The monoisotopic (exact) mass is 278 g/mol. The molecular formula is C14H18N2O2S. The summed E-state index contributed by atoms with van der Waals surface area (Å²) in [7, 11) is -3.07. The van der Waals surface area contributed by atoms with Gasteiger partial charge in [0, 0.05) is 18.7 Å². The Morgan fingerprint density at radius 2 is 2.05 bits per heavy atom. The molecule has 0 aromatic heterocycles. The molecule has 1 unspecified atom stereocenters. The van der Waals surface area contributed by atoms with E-state index in [0.29, 0.717) is 19.6 Å². The maximum atomic E-state index is 11.9. The topological polar surface area (TPSA) is 63.4 Å². The molecule has 1 aliphatic heterocycles. The second-order valence-electron chi connectivity index (χ2n) is 4.88. The van der Waals surface area contributed by atoms with Crippen molar-refractivity contribution >= 4 is 10.0 Å². The van der Waals surface area contributed by atoms with Crippen molar-refractivity contribution in [2.45, 2.75) is 13.5 Å². The van der Waals surface area contributed by atoms with Crippen LogP contribution in [0.4, 0.5) is 0 Å². The largest absolute Gasteiger partial charge is 0.320 e. The summed E-state index contributed by atoms with van der Waals surface area (Å²) in [6.07, 6.45) is 0. The normalized spacial score (nSPS) is 21.9. The molecule has 0 radical (unpaired) electrons. The Balaban J connectivity index is 2.08. The summed E-state index contributed by atoms with van der Waals surface area (Å²) in [4.78, 5) is 0. The summed E-state index contributed by atoms with van der Waals surface area (Å²) in [6.45, 7) is 3.35. The molecule has 2 rings (SSSR count). The van der Waals surface area contributed by atoms with Crippen LogP contribution in [0.3, 0.4) is 0 Å². The van der Waals surface area contributed by atoms with Gasteiger partial charge in [0.15, 0.2) is 0 Å². The molecule has 102 valence electrons. The summed E-state index contributed by atoms with van der Waals surface area (Å²) in [5, 5.41) is 0. The Labute approximate surface area is 114 Å². The predicted octanol–water partition coefficient (Wildman–Crippen LogP) is 0.778. The highest BCUT2D eigenvalue weighted by Gasteiger charge is 2.33. The quantitative estimate of drug-likeness (QED) is 0.813. The maximum absolute atomic E-state index is 11.9. The Hall–Kier alpha value is -1.35. The van der Waals surface area contributed by atoms with Crippen LogP contribution >= 0.6 is 0 Å². The van der Waals surface area contributed by atoms with Gasteiger partial charge in [0.05, 0.1) is 12.3 Å². The molecule has 1 fully saturated rings. The van der Waals surface area contributed by atoms with Crippen LogP contribution in [-0.2, 0) is 16.6 Å². The second kappa shape index (κ2) is 5.74. The Bertz CT molecular complexity index is 597. The molecule has 5 heteroatoms. The zero-order valence-corrected chi connectivity index (χ0v) is 11.8. The minimum absolute atomic E-state index is 0.208. The van der Waals surface area contributed by atoms with Crippen LogP contribution in [0, 0.1) is 17.8 Å². The predicted molar refractivity (Wildman–Crippen MR) is 75.7 cm³/mol. The van der Waals surface area contributed by atoms with Gasteiger partial charge in [-0.25, -0.2) is 8.42 Å². The fourth-order valence-electron chi connectivity index (χ4n) is 2.19. The minimum atomic E-state index is -3.07. The van der Waals surface area contributed by atoms with Crippen LogP contribution in [0.5, 0.6) is 0 Å². The number of hydrogen-bond acceptors (Lipinski definition) is 3. The number of hydrogen-bond donors (Lipinski definition) is 1. The molecule has 0 amide bonds. The average molecular weight is 278 g/mol. The molecule has 4 nitrogen and oxygen atoms in total. The van der Waals surface area contributed by atoms with Gasteiger partial charge < -0.3 is 5.73 Å². The molecule has 1 aromatic carbocycles. The summed E-state index contributed by atoms with van der Waals surface area (Å²) in [5.74, 6) is 6.19. The third-order valence-corrected chi connectivity index (χ3v) is 5.11. The summed E-state index contributed by atoms with van der Waals surface area (Å²) < 4.78 is 25.3. The van der Waals surface area contributed by atoms with Crippen molar-refractivity contribution in [1.82, 2.24) is 4.31 Å². The third kappa shape index (κ3) is 3.57. The van der Waals surface area contributed by atoms with E-state index >= 15 is 0 Å². The fourth-order valence-corrected chi connectivity index (χ4v) is 4.05. The van der Waals surface area contributed by atoms with Crippen molar-refractivity contribution < 1.29 is 8.42 Å². The number of sulfonamides is 1. The fraction of sp³-hybridized carbons (Fsp3) is 0.429. The van der Waals surface area contributed by atoms with Gasteiger partial charge in [-0.2, -0.15) is 4.31 Å².